The van der Waals surface area contributed by atoms with Gasteiger partial charge < -0.3 is 5.11 Å². The van der Waals surface area contributed by atoms with Crippen LogP contribution in [0.25, 0.3) is 0 Å². The molecule has 0 aromatic heterocycles. The lowest BCUT2D eigenvalue weighted by atomic mass is 10.0. The fourth-order valence-corrected chi connectivity index (χ4v) is 2.35. The summed E-state index contributed by atoms with van der Waals surface area (Å²) in [4.78, 5) is 12.7. The summed E-state index contributed by atoms with van der Waals surface area (Å²) in [5, 5.41) is 8.98. The SMILES string of the molecule is CC(c1cccc(C(F)(F)F)c1)N(CC(=O)O)CC1CC1. The molecule has 1 atom stereocenters. The van der Waals surface area contributed by atoms with Crippen molar-refractivity contribution in [3.8, 4) is 0 Å². The highest BCUT2D eigenvalue weighted by molar-refractivity contribution is 5.69. The van der Waals surface area contributed by atoms with E-state index in [0.29, 0.717) is 18.0 Å². The van der Waals surface area contributed by atoms with Crippen molar-refractivity contribution in [3.05, 3.63) is 35.4 Å². The Kier molecular flexibility index (Phi) is 4.56. The molecule has 0 aliphatic heterocycles. The third-order valence-electron chi connectivity index (χ3n) is 3.77. The number of halogens is 3. The maximum Gasteiger partial charge on any atom is 0.416 e. The third-order valence-corrected chi connectivity index (χ3v) is 3.77. The van der Waals surface area contributed by atoms with E-state index in [0.717, 1.165) is 25.0 Å². The van der Waals surface area contributed by atoms with Gasteiger partial charge in [0.15, 0.2) is 0 Å². The molecule has 116 valence electrons. The number of alkyl halides is 3. The smallest absolute Gasteiger partial charge is 0.416 e. The molecule has 1 aliphatic carbocycles. The number of hydrogen-bond acceptors (Lipinski definition) is 2. The van der Waals surface area contributed by atoms with Crippen LogP contribution in [0.1, 0.15) is 36.9 Å². The topological polar surface area (TPSA) is 40.5 Å². The molecule has 0 radical (unpaired) electrons. The lowest BCUT2D eigenvalue weighted by molar-refractivity contribution is -0.139. The molecular weight excluding hydrogens is 283 g/mol. The van der Waals surface area contributed by atoms with Crippen molar-refractivity contribution in [3.63, 3.8) is 0 Å². The second-order valence-corrected chi connectivity index (χ2v) is 5.57. The van der Waals surface area contributed by atoms with Gasteiger partial charge in [0.05, 0.1) is 12.1 Å². The predicted octanol–water partition coefficient (Wildman–Crippen LogP) is 3.56. The summed E-state index contributed by atoms with van der Waals surface area (Å²) in [5.74, 6) is -0.493. The van der Waals surface area contributed by atoms with Crippen LogP contribution in [0.3, 0.4) is 0 Å². The Balaban J connectivity index is 2.18. The molecule has 0 saturated heterocycles. The highest BCUT2D eigenvalue weighted by atomic mass is 19.4. The number of rotatable bonds is 6. The van der Waals surface area contributed by atoms with Crippen LogP contribution in [0.2, 0.25) is 0 Å². The summed E-state index contributed by atoms with van der Waals surface area (Å²) in [5.41, 5.74) is -0.208. The first-order valence-electron chi connectivity index (χ1n) is 6.90. The van der Waals surface area contributed by atoms with Crippen molar-refractivity contribution < 1.29 is 23.1 Å². The zero-order chi connectivity index (χ0) is 15.6. The second-order valence-electron chi connectivity index (χ2n) is 5.57. The van der Waals surface area contributed by atoms with Gasteiger partial charge in [0.25, 0.3) is 0 Å². The highest BCUT2D eigenvalue weighted by Crippen LogP contribution is 2.34. The maximum atomic E-state index is 12.8. The molecule has 0 heterocycles. The lowest BCUT2D eigenvalue weighted by Crippen LogP contribution is -2.34. The van der Waals surface area contributed by atoms with Crippen LogP contribution >= 0.6 is 0 Å². The molecule has 1 aliphatic rings. The number of nitrogens with zero attached hydrogens (tertiary/aromatic N) is 1. The molecule has 1 fully saturated rings. The number of hydrogen-bond donors (Lipinski definition) is 1. The van der Waals surface area contributed by atoms with Gasteiger partial charge in [-0.3, -0.25) is 9.69 Å². The molecule has 2 rings (SSSR count). The van der Waals surface area contributed by atoms with Gasteiger partial charge in [-0.1, -0.05) is 12.1 Å². The zero-order valence-corrected chi connectivity index (χ0v) is 11.7. The summed E-state index contributed by atoms with van der Waals surface area (Å²) >= 11 is 0. The fraction of sp³-hybridized carbons (Fsp3) is 0.533. The summed E-state index contributed by atoms with van der Waals surface area (Å²) in [6.45, 7) is 2.21. The van der Waals surface area contributed by atoms with Crippen LogP contribution in [0, 0.1) is 5.92 Å². The van der Waals surface area contributed by atoms with Crippen molar-refractivity contribution in [2.75, 3.05) is 13.1 Å². The van der Waals surface area contributed by atoms with E-state index >= 15 is 0 Å². The van der Waals surface area contributed by atoms with E-state index in [9.17, 15) is 18.0 Å². The summed E-state index contributed by atoms with van der Waals surface area (Å²) < 4.78 is 38.3. The van der Waals surface area contributed by atoms with Crippen molar-refractivity contribution in [1.82, 2.24) is 4.90 Å². The Morgan fingerprint density at radius 3 is 2.62 bits per heavy atom. The maximum absolute atomic E-state index is 12.8. The van der Waals surface area contributed by atoms with Crippen LogP contribution in [-0.2, 0) is 11.0 Å². The van der Waals surface area contributed by atoms with Crippen LogP contribution in [-0.4, -0.2) is 29.1 Å². The normalized spacial score (nSPS) is 17.0. The molecule has 1 unspecified atom stereocenters. The Morgan fingerprint density at radius 2 is 2.10 bits per heavy atom. The first-order chi connectivity index (χ1) is 9.77. The molecule has 1 aromatic rings. The third kappa shape index (κ3) is 4.46. The van der Waals surface area contributed by atoms with E-state index in [1.54, 1.807) is 17.9 Å². The zero-order valence-electron chi connectivity index (χ0n) is 11.7. The predicted molar refractivity (Wildman–Crippen MR) is 71.8 cm³/mol. The van der Waals surface area contributed by atoms with Crippen LogP contribution < -0.4 is 0 Å². The summed E-state index contributed by atoms with van der Waals surface area (Å²) in [6, 6.07) is 4.75. The number of carbonyl (C=O) groups is 1. The van der Waals surface area contributed by atoms with E-state index in [-0.39, 0.29) is 12.6 Å². The molecule has 1 N–H and O–H groups in total. The Morgan fingerprint density at radius 1 is 1.43 bits per heavy atom. The first-order valence-corrected chi connectivity index (χ1v) is 6.90. The Labute approximate surface area is 121 Å². The Hall–Kier alpha value is -1.56. The fourth-order valence-electron chi connectivity index (χ4n) is 2.35. The van der Waals surface area contributed by atoms with Gasteiger partial charge in [-0.15, -0.1) is 0 Å². The van der Waals surface area contributed by atoms with Crippen molar-refractivity contribution in [2.45, 2.75) is 32.0 Å². The van der Waals surface area contributed by atoms with E-state index in [2.05, 4.69) is 0 Å². The van der Waals surface area contributed by atoms with Gasteiger partial charge in [-0.25, -0.2) is 0 Å². The van der Waals surface area contributed by atoms with Crippen LogP contribution in [0.5, 0.6) is 0 Å². The van der Waals surface area contributed by atoms with Gasteiger partial charge in [-0.2, -0.15) is 13.2 Å². The average molecular weight is 301 g/mol. The van der Waals surface area contributed by atoms with Crippen LogP contribution in [0.15, 0.2) is 24.3 Å². The summed E-state index contributed by atoms with van der Waals surface area (Å²) in [7, 11) is 0. The monoisotopic (exact) mass is 301 g/mol. The van der Waals surface area contributed by atoms with Gasteiger partial charge >= 0.3 is 12.1 Å². The van der Waals surface area contributed by atoms with Gasteiger partial charge in [0, 0.05) is 12.6 Å². The molecule has 0 spiro atoms. The van der Waals surface area contributed by atoms with E-state index < -0.39 is 17.7 Å². The average Bonchev–Trinajstić information content (AvgIpc) is 3.20. The molecule has 0 amide bonds. The Bertz CT molecular complexity index is 512. The summed E-state index contributed by atoms with van der Waals surface area (Å²) in [6.07, 6.45) is -2.26. The number of carboxylic acid groups (broad SMARTS) is 1. The molecule has 1 aromatic carbocycles. The molecular formula is C15H18F3NO2. The number of aliphatic carboxylic acids is 1. The number of benzene rings is 1. The quantitative estimate of drug-likeness (QED) is 0.873. The van der Waals surface area contributed by atoms with E-state index in [1.165, 1.54) is 6.07 Å². The van der Waals surface area contributed by atoms with Crippen molar-refractivity contribution in [1.29, 1.82) is 0 Å². The van der Waals surface area contributed by atoms with E-state index in [1.807, 2.05) is 0 Å². The first kappa shape index (κ1) is 15.8. The second kappa shape index (κ2) is 6.05. The molecule has 1 saturated carbocycles. The molecule has 6 heteroatoms. The van der Waals surface area contributed by atoms with Crippen molar-refractivity contribution >= 4 is 5.97 Å². The minimum absolute atomic E-state index is 0.159. The minimum atomic E-state index is -4.39. The lowest BCUT2D eigenvalue weighted by Gasteiger charge is -2.28. The van der Waals surface area contributed by atoms with Crippen LogP contribution in [0.4, 0.5) is 13.2 Å². The van der Waals surface area contributed by atoms with E-state index in [4.69, 9.17) is 5.11 Å². The molecule has 21 heavy (non-hydrogen) atoms. The highest BCUT2D eigenvalue weighted by Gasteiger charge is 2.32. The minimum Gasteiger partial charge on any atom is -0.480 e. The van der Waals surface area contributed by atoms with Gasteiger partial charge in [0.1, 0.15) is 0 Å². The molecule has 0 bridgehead atoms. The van der Waals surface area contributed by atoms with Gasteiger partial charge in [0.2, 0.25) is 0 Å². The standard InChI is InChI=1S/C15H18F3NO2/c1-10(19(9-14(20)21)8-11-5-6-11)12-3-2-4-13(7-12)15(16,17)18/h2-4,7,10-11H,5-6,8-9H2,1H3,(H,20,21). The van der Waals surface area contributed by atoms with Gasteiger partial charge in [-0.05, 0) is 43.4 Å². The largest absolute Gasteiger partial charge is 0.480 e. The number of carboxylic acids is 1. The molecule has 3 nitrogen and oxygen atoms in total. The van der Waals surface area contributed by atoms with Crippen molar-refractivity contribution in [2.24, 2.45) is 5.92 Å².